The van der Waals surface area contributed by atoms with Crippen LogP contribution in [0.25, 0.3) is 6.08 Å². The normalized spacial score (nSPS) is 39.0. The summed E-state index contributed by atoms with van der Waals surface area (Å²) in [7, 11) is 0. The summed E-state index contributed by atoms with van der Waals surface area (Å²) in [6.45, 7) is 11.5. The van der Waals surface area contributed by atoms with Crippen molar-refractivity contribution in [3.63, 3.8) is 0 Å². The van der Waals surface area contributed by atoms with Gasteiger partial charge >= 0.3 is 5.97 Å². The zero-order chi connectivity index (χ0) is 27.2. The fourth-order valence-corrected chi connectivity index (χ4v) is 9.38. The molecule has 0 radical (unpaired) electrons. The van der Waals surface area contributed by atoms with Gasteiger partial charge in [-0.15, -0.1) is 0 Å². The lowest BCUT2D eigenvalue weighted by atomic mass is 9.40. The standard InChI is InChI=1S/C33H45NO4/c1-6-37-29(36)32(5)17-8-16-31(4)26(32)15-19-33-21-28(30(3,22-33)18-14-27(31)33)34-38-20-7-9-24-10-12-25(13-11-24)23(2)35/h7,9-13,26-27H,6,8,14-22H2,1-5H3/b9-7+,34-28+/t26-,27-,30-,31+,32+,33-/m0/s1. The van der Waals surface area contributed by atoms with Crippen LogP contribution in [-0.4, -0.2) is 30.7 Å². The van der Waals surface area contributed by atoms with E-state index in [-0.39, 0.29) is 33.4 Å². The second-order valence-corrected chi connectivity index (χ2v) is 13.4. The molecular formula is C33H45NO4. The summed E-state index contributed by atoms with van der Waals surface area (Å²) < 4.78 is 5.62. The smallest absolute Gasteiger partial charge is 0.312 e. The number of ketones is 1. The average Bonchev–Trinajstić information content (AvgIpc) is 3.08. The van der Waals surface area contributed by atoms with Gasteiger partial charge in [0.2, 0.25) is 0 Å². The molecular weight excluding hydrogens is 474 g/mol. The van der Waals surface area contributed by atoms with Crippen molar-refractivity contribution in [2.24, 2.45) is 38.7 Å². The number of Topliss-reactive ketones (excluding diaryl/α,β-unsaturated/α-hetero) is 1. The summed E-state index contributed by atoms with van der Waals surface area (Å²) in [4.78, 5) is 30.5. The summed E-state index contributed by atoms with van der Waals surface area (Å²) in [5.74, 6) is 1.13. The lowest BCUT2D eigenvalue weighted by molar-refractivity contribution is -0.187. The first-order chi connectivity index (χ1) is 18.1. The van der Waals surface area contributed by atoms with Gasteiger partial charge in [0.15, 0.2) is 5.78 Å². The maximum atomic E-state index is 13.2. The van der Waals surface area contributed by atoms with Gasteiger partial charge < -0.3 is 9.57 Å². The molecule has 5 heteroatoms. The first kappa shape index (κ1) is 27.1. The molecule has 0 unspecified atom stereocenters. The van der Waals surface area contributed by atoms with E-state index in [2.05, 4.69) is 20.8 Å². The van der Waals surface area contributed by atoms with E-state index in [9.17, 15) is 9.59 Å². The minimum atomic E-state index is -0.358. The third kappa shape index (κ3) is 4.44. The quantitative estimate of drug-likeness (QED) is 0.161. The molecule has 0 aromatic heterocycles. The highest BCUT2D eigenvalue weighted by molar-refractivity contribution is 5.94. The van der Waals surface area contributed by atoms with Crippen molar-refractivity contribution in [3.8, 4) is 0 Å². The van der Waals surface area contributed by atoms with Crippen molar-refractivity contribution in [2.75, 3.05) is 13.2 Å². The largest absolute Gasteiger partial charge is 0.466 e. The fourth-order valence-electron chi connectivity index (χ4n) is 9.38. The number of benzene rings is 1. The topological polar surface area (TPSA) is 65.0 Å². The Labute approximate surface area is 228 Å². The van der Waals surface area contributed by atoms with Gasteiger partial charge in [0.1, 0.15) is 6.61 Å². The van der Waals surface area contributed by atoms with Crippen LogP contribution in [0.1, 0.15) is 108 Å². The molecule has 4 aliphatic carbocycles. The first-order valence-corrected chi connectivity index (χ1v) is 14.7. The van der Waals surface area contributed by atoms with Crippen LogP contribution >= 0.6 is 0 Å². The summed E-state index contributed by atoms with van der Waals surface area (Å²) in [6.07, 6.45) is 14.2. The molecule has 1 aromatic carbocycles. The minimum Gasteiger partial charge on any atom is -0.466 e. The number of hydrogen-bond donors (Lipinski definition) is 0. The van der Waals surface area contributed by atoms with Gasteiger partial charge in [-0.3, -0.25) is 9.59 Å². The number of hydrogen-bond acceptors (Lipinski definition) is 5. The van der Waals surface area contributed by atoms with Crippen molar-refractivity contribution in [2.45, 2.75) is 92.4 Å². The van der Waals surface area contributed by atoms with Crippen LogP contribution in [0.4, 0.5) is 0 Å². The Kier molecular flexibility index (Phi) is 7.11. The fraction of sp³-hybridized carbons (Fsp3) is 0.667. The molecule has 1 aromatic rings. The number of ether oxygens (including phenoxy) is 1. The van der Waals surface area contributed by atoms with E-state index in [4.69, 9.17) is 14.7 Å². The van der Waals surface area contributed by atoms with Crippen molar-refractivity contribution >= 4 is 23.5 Å². The van der Waals surface area contributed by atoms with Crippen molar-refractivity contribution in [3.05, 3.63) is 41.5 Å². The number of carbonyl (C=O) groups is 2. The maximum absolute atomic E-state index is 13.2. The van der Waals surface area contributed by atoms with Gasteiger partial charge in [0, 0.05) is 11.0 Å². The highest BCUT2D eigenvalue weighted by Crippen LogP contribution is 2.73. The Morgan fingerprint density at radius 2 is 1.76 bits per heavy atom. The molecule has 0 heterocycles. The predicted molar refractivity (Wildman–Crippen MR) is 151 cm³/mol. The summed E-state index contributed by atoms with van der Waals surface area (Å²) >= 11 is 0. The third-order valence-corrected chi connectivity index (χ3v) is 11.1. The molecule has 206 valence electrons. The Bertz CT molecular complexity index is 1140. The summed E-state index contributed by atoms with van der Waals surface area (Å²) in [6, 6.07) is 7.62. The van der Waals surface area contributed by atoms with Gasteiger partial charge in [-0.25, -0.2) is 0 Å². The van der Waals surface area contributed by atoms with Crippen LogP contribution in [0.2, 0.25) is 0 Å². The minimum absolute atomic E-state index is 0.0254. The molecule has 2 bridgehead atoms. The molecule has 5 nitrogen and oxygen atoms in total. The summed E-state index contributed by atoms with van der Waals surface area (Å²) in [5.41, 5.74) is 3.23. The van der Waals surface area contributed by atoms with E-state index in [0.717, 1.165) is 43.2 Å². The van der Waals surface area contributed by atoms with Gasteiger partial charge in [-0.05, 0) is 106 Å². The predicted octanol–water partition coefficient (Wildman–Crippen LogP) is 7.64. The number of fused-ring (bicyclic) bond motifs is 3. The molecule has 5 rings (SSSR count). The molecule has 0 amide bonds. The van der Waals surface area contributed by atoms with Gasteiger partial charge in [0.05, 0.1) is 17.7 Å². The Morgan fingerprint density at radius 1 is 1.03 bits per heavy atom. The van der Waals surface area contributed by atoms with Crippen molar-refractivity contribution in [1.29, 1.82) is 0 Å². The molecule has 0 N–H and O–H groups in total. The van der Waals surface area contributed by atoms with E-state index < -0.39 is 0 Å². The number of carbonyl (C=O) groups excluding carboxylic acids is 2. The van der Waals surface area contributed by atoms with Crippen LogP contribution in [0, 0.1) is 33.5 Å². The van der Waals surface area contributed by atoms with E-state index in [0.29, 0.717) is 25.0 Å². The SMILES string of the molecule is CCOC(=O)[C@]1(C)CCC[C@@]2(C)[C@@H]3CC[C@@]4(C)C[C@]3(CC[C@@H]21)C/C4=N\OC/C=C/c1ccc(C(C)=O)cc1. The second-order valence-electron chi connectivity index (χ2n) is 13.4. The van der Waals surface area contributed by atoms with Gasteiger partial charge in [0.25, 0.3) is 0 Å². The van der Waals surface area contributed by atoms with E-state index >= 15 is 0 Å². The Hall–Kier alpha value is -2.43. The molecule has 4 aliphatic rings. The van der Waals surface area contributed by atoms with Crippen molar-refractivity contribution < 1.29 is 19.2 Å². The van der Waals surface area contributed by atoms with E-state index in [1.165, 1.54) is 31.4 Å². The molecule has 0 saturated heterocycles. The van der Waals surface area contributed by atoms with E-state index in [1.807, 2.05) is 43.3 Å². The van der Waals surface area contributed by atoms with E-state index in [1.54, 1.807) is 6.92 Å². The third-order valence-electron chi connectivity index (χ3n) is 11.1. The molecule has 1 spiro atoms. The van der Waals surface area contributed by atoms with Crippen LogP contribution in [0.5, 0.6) is 0 Å². The average molecular weight is 520 g/mol. The van der Waals surface area contributed by atoms with Crippen LogP contribution < -0.4 is 0 Å². The summed E-state index contributed by atoms with van der Waals surface area (Å²) in [5, 5.41) is 4.75. The van der Waals surface area contributed by atoms with Gasteiger partial charge in [-0.1, -0.05) is 55.8 Å². The Morgan fingerprint density at radius 3 is 2.47 bits per heavy atom. The highest BCUT2D eigenvalue weighted by Gasteiger charge is 2.67. The molecule has 38 heavy (non-hydrogen) atoms. The first-order valence-electron chi connectivity index (χ1n) is 14.7. The number of esters is 1. The lowest BCUT2D eigenvalue weighted by Crippen LogP contribution is -2.58. The highest BCUT2D eigenvalue weighted by atomic mass is 16.6. The number of oxime groups is 1. The molecule has 6 atom stereocenters. The molecule has 0 aliphatic heterocycles. The zero-order valence-electron chi connectivity index (χ0n) is 24.0. The van der Waals surface area contributed by atoms with Gasteiger partial charge in [-0.2, -0.15) is 0 Å². The second kappa shape index (κ2) is 9.95. The Balaban J connectivity index is 1.28. The number of rotatable bonds is 7. The molecule has 4 saturated carbocycles. The van der Waals surface area contributed by atoms with Crippen molar-refractivity contribution in [1.82, 2.24) is 0 Å². The van der Waals surface area contributed by atoms with Crippen LogP contribution in [0.3, 0.4) is 0 Å². The maximum Gasteiger partial charge on any atom is 0.312 e. The molecule has 4 fully saturated rings. The lowest BCUT2D eigenvalue weighted by Gasteiger charge is -2.64. The van der Waals surface area contributed by atoms with Crippen LogP contribution in [0.15, 0.2) is 35.5 Å². The zero-order valence-corrected chi connectivity index (χ0v) is 24.0. The van der Waals surface area contributed by atoms with Crippen LogP contribution in [-0.2, 0) is 14.4 Å². The monoisotopic (exact) mass is 519 g/mol. The number of nitrogens with zero attached hydrogens (tertiary/aromatic N) is 1.